The summed E-state index contributed by atoms with van der Waals surface area (Å²) in [5.74, 6) is 0.723. The Bertz CT molecular complexity index is 544. The number of hydrogen-bond acceptors (Lipinski definition) is 3. The highest BCUT2D eigenvalue weighted by atomic mass is 15.1. The van der Waals surface area contributed by atoms with Crippen molar-refractivity contribution in [2.75, 3.05) is 19.6 Å². The van der Waals surface area contributed by atoms with Gasteiger partial charge in [-0.25, -0.2) is 0 Å². The van der Waals surface area contributed by atoms with Crippen LogP contribution in [-0.2, 0) is 6.54 Å². The van der Waals surface area contributed by atoms with Crippen molar-refractivity contribution in [3.05, 3.63) is 42.1 Å². The molecule has 3 heteroatoms. The van der Waals surface area contributed by atoms with Crippen LogP contribution in [0.4, 0.5) is 0 Å². The van der Waals surface area contributed by atoms with Gasteiger partial charge >= 0.3 is 0 Å². The number of hydrogen-bond donors (Lipinski definition) is 1. The highest BCUT2D eigenvalue weighted by Crippen LogP contribution is 2.18. The summed E-state index contributed by atoms with van der Waals surface area (Å²) >= 11 is 0. The number of rotatable bonds is 3. The number of para-hydroxylation sites is 1. The van der Waals surface area contributed by atoms with Crippen molar-refractivity contribution in [1.29, 1.82) is 0 Å². The first-order valence-electron chi connectivity index (χ1n) is 7.12. The Hall–Kier alpha value is -1.45. The molecule has 100 valence electrons. The molecule has 2 heterocycles. The molecule has 1 aliphatic heterocycles. The summed E-state index contributed by atoms with van der Waals surface area (Å²) in [6.07, 6.45) is 2.45. The van der Waals surface area contributed by atoms with E-state index in [1.165, 1.54) is 23.9 Å². The molecule has 1 aliphatic rings. The average molecular weight is 255 g/mol. The summed E-state index contributed by atoms with van der Waals surface area (Å²) in [6.45, 7) is 4.09. The van der Waals surface area contributed by atoms with E-state index in [4.69, 9.17) is 10.7 Å². The summed E-state index contributed by atoms with van der Waals surface area (Å²) in [5, 5.41) is 1.22. The minimum atomic E-state index is 0.723. The number of aromatic nitrogens is 1. The fourth-order valence-corrected chi connectivity index (χ4v) is 2.81. The molecule has 2 aromatic rings. The van der Waals surface area contributed by atoms with Gasteiger partial charge in [-0.3, -0.25) is 9.88 Å². The maximum atomic E-state index is 5.73. The Morgan fingerprint density at radius 3 is 2.68 bits per heavy atom. The van der Waals surface area contributed by atoms with Gasteiger partial charge < -0.3 is 5.73 Å². The van der Waals surface area contributed by atoms with E-state index < -0.39 is 0 Å². The third-order valence-electron chi connectivity index (χ3n) is 4.08. The Morgan fingerprint density at radius 2 is 1.89 bits per heavy atom. The topological polar surface area (TPSA) is 42.1 Å². The molecule has 0 amide bonds. The van der Waals surface area contributed by atoms with Crippen LogP contribution in [0.2, 0.25) is 0 Å². The molecule has 1 aromatic carbocycles. The number of benzene rings is 1. The van der Waals surface area contributed by atoms with Crippen LogP contribution in [0.5, 0.6) is 0 Å². The first-order valence-corrected chi connectivity index (χ1v) is 7.12. The van der Waals surface area contributed by atoms with E-state index >= 15 is 0 Å². The third-order valence-corrected chi connectivity index (χ3v) is 4.08. The van der Waals surface area contributed by atoms with E-state index in [1.54, 1.807) is 0 Å². The van der Waals surface area contributed by atoms with E-state index in [-0.39, 0.29) is 0 Å². The zero-order valence-corrected chi connectivity index (χ0v) is 11.3. The van der Waals surface area contributed by atoms with Gasteiger partial charge in [0.15, 0.2) is 0 Å². The molecule has 0 aliphatic carbocycles. The quantitative estimate of drug-likeness (QED) is 0.915. The Morgan fingerprint density at radius 1 is 1.11 bits per heavy atom. The molecule has 3 rings (SSSR count). The smallest absolute Gasteiger partial charge is 0.0705 e. The molecule has 0 radical (unpaired) electrons. The Kier molecular flexibility index (Phi) is 3.76. The van der Waals surface area contributed by atoms with Crippen molar-refractivity contribution in [3.8, 4) is 0 Å². The summed E-state index contributed by atoms with van der Waals surface area (Å²) < 4.78 is 0. The highest BCUT2D eigenvalue weighted by molar-refractivity contribution is 5.78. The third kappa shape index (κ3) is 2.94. The lowest BCUT2D eigenvalue weighted by atomic mass is 9.97. The number of piperidine rings is 1. The lowest BCUT2D eigenvalue weighted by Gasteiger charge is -2.31. The fourth-order valence-electron chi connectivity index (χ4n) is 2.81. The number of likely N-dealkylation sites (tertiary alicyclic amines) is 1. The number of fused-ring (bicyclic) bond motifs is 1. The molecule has 0 atom stereocenters. The zero-order chi connectivity index (χ0) is 13.1. The molecule has 0 saturated carbocycles. The molecule has 0 unspecified atom stereocenters. The molecule has 3 nitrogen and oxygen atoms in total. The zero-order valence-electron chi connectivity index (χ0n) is 11.3. The van der Waals surface area contributed by atoms with Crippen LogP contribution in [0.3, 0.4) is 0 Å². The van der Waals surface area contributed by atoms with Gasteiger partial charge in [-0.1, -0.05) is 24.3 Å². The lowest BCUT2D eigenvalue weighted by molar-refractivity contribution is 0.179. The second kappa shape index (κ2) is 5.68. The number of nitrogens with two attached hydrogens (primary N) is 1. The molecule has 1 fully saturated rings. The second-order valence-corrected chi connectivity index (χ2v) is 5.45. The van der Waals surface area contributed by atoms with Gasteiger partial charge in [0.25, 0.3) is 0 Å². The normalized spacial score (nSPS) is 17.9. The van der Waals surface area contributed by atoms with Crippen molar-refractivity contribution < 1.29 is 0 Å². The fraction of sp³-hybridized carbons (Fsp3) is 0.438. The van der Waals surface area contributed by atoms with Crippen molar-refractivity contribution in [1.82, 2.24) is 9.88 Å². The molecule has 0 bridgehead atoms. The maximum Gasteiger partial charge on any atom is 0.0705 e. The van der Waals surface area contributed by atoms with Gasteiger partial charge in [-0.2, -0.15) is 0 Å². The maximum absolute atomic E-state index is 5.73. The van der Waals surface area contributed by atoms with Crippen LogP contribution in [-0.4, -0.2) is 29.5 Å². The van der Waals surface area contributed by atoms with E-state index in [0.717, 1.165) is 37.6 Å². The lowest BCUT2D eigenvalue weighted by Crippen LogP contribution is -2.35. The summed E-state index contributed by atoms with van der Waals surface area (Å²) in [7, 11) is 0. The largest absolute Gasteiger partial charge is 0.330 e. The first-order chi connectivity index (χ1) is 9.35. The standard InChI is InChI=1S/C16H21N3/c17-11-13-7-9-19(10-8-13)12-15-6-5-14-3-1-2-4-16(14)18-15/h1-6,13H,7-12,17H2. The van der Waals surface area contributed by atoms with Gasteiger partial charge in [0.2, 0.25) is 0 Å². The molecular formula is C16H21N3. The Balaban J connectivity index is 1.68. The van der Waals surface area contributed by atoms with Crippen LogP contribution in [0.15, 0.2) is 36.4 Å². The minimum Gasteiger partial charge on any atom is -0.330 e. The van der Waals surface area contributed by atoms with Gasteiger partial charge in [0, 0.05) is 11.9 Å². The van der Waals surface area contributed by atoms with E-state index in [0.29, 0.717) is 0 Å². The Labute approximate surface area is 114 Å². The van der Waals surface area contributed by atoms with Crippen LogP contribution >= 0.6 is 0 Å². The van der Waals surface area contributed by atoms with Crippen LogP contribution < -0.4 is 5.73 Å². The van der Waals surface area contributed by atoms with E-state index in [1.807, 2.05) is 6.07 Å². The minimum absolute atomic E-state index is 0.723. The van der Waals surface area contributed by atoms with Crippen LogP contribution in [0.25, 0.3) is 10.9 Å². The predicted octanol–water partition coefficient (Wildman–Crippen LogP) is 2.41. The SMILES string of the molecule is NCC1CCN(Cc2ccc3ccccc3n2)CC1. The molecule has 2 N–H and O–H groups in total. The van der Waals surface area contributed by atoms with Crippen molar-refractivity contribution in [2.45, 2.75) is 19.4 Å². The van der Waals surface area contributed by atoms with Crippen molar-refractivity contribution >= 4 is 10.9 Å². The van der Waals surface area contributed by atoms with Gasteiger partial charge in [-0.15, -0.1) is 0 Å². The molecule has 1 aromatic heterocycles. The predicted molar refractivity (Wildman–Crippen MR) is 78.8 cm³/mol. The molecular weight excluding hydrogens is 234 g/mol. The second-order valence-electron chi connectivity index (χ2n) is 5.45. The summed E-state index contributed by atoms with van der Waals surface area (Å²) in [4.78, 5) is 7.23. The number of pyridine rings is 1. The van der Waals surface area contributed by atoms with Crippen LogP contribution in [0.1, 0.15) is 18.5 Å². The molecule has 0 spiro atoms. The monoisotopic (exact) mass is 255 g/mol. The summed E-state index contributed by atoms with van der Waals surface area (Å²) in [6, 6.07) is 12.6. The van der Waals surface area contributed by atoms with E-state index in [9.17, 15) is 0 Å². The summed E-state index contributed by atoms with van der Waals surface area (Å²) in [5.41, 5.74) is 8.00. The number of nitrogens with zero attached hydrogens (tertiary/aromatic N) is 2. The average Bonchev–Trinajstić information content (AvgIpc) is 2.48. The molecule has 1 saturated heterocycles. The molecule has 19 heavy (non-hydrogen) atoms. The first kappa shape index (κ1) is 12.6. The van der Waals surface area contributed by atoms with E-state index in [2.05, 4.69) is 35.2 Å². The van der Waals surface area contributed by atoms with Gasteiger partial charge in [0.1, 0.15) is 0 Å². The van der Waals surface area contributed by atoms with Crippen molar-refractivity contribution in [3.63, 3.8) is 0 Å². The van der Waals surface area contributed by atoms with Crippen molar-refractivity contribution in [2.24, 2.45) is 11.7 Å². The van der Waals surface area contributed by atoms with Crippen LogP contribution in [0, 0.1) is 5.92 Å². The van der Waals surface area contributed by atoms with Gasteiger partial charge in [0.05, 0.1) is 11.2 Å². The highest BCUT2D eigenvalue weighted by Gasteiger charge is 2.18. The van der Waals surface area contributed by atoms with Gasteiger partial charge in [-0.05, 0) is 50.5 Å².